The van der Waals surface area contributed by atoms with E-state index in [-0.39, 0.29) is 5.97 Å². The van der Waals surface area contributed by atoms with Crippen molar-refractivity contribution in [3.8, 4) is 0 Å². The Morgan fingerprint density at radius 3 is 2.88 bits per heavy atom. The quantitative estimate of drug-likeness (QED) is 0.439. The normalized spacial score (nSPS) is 10.8. The van der Waals surface area contributed by atoms with Crippen LogP contribution >= 0.6 is 0 Å². The third-order valence-electron chi connectivity index (χ3n) is 1.83. The summed E-state index contributed by atoms with van der Waals surface area (Å²) in [4.78, 5) is 13.4. The standard InChI is InChI=1S/C11H17N3O2/c1-5-16-11(15)10-6-9(2)7-14(10)12-8-13(3)4/h6-8H,5H2,1-4H3/b12-8+. The molecule has 88 valence electrons. The molecule has 1 rings (SSSR count). The predicted octanol–water partition coefficient (Wildman–Crippen LogP) is 1.33. The van der Waals surface area contributed by atoms with E-state index in [0.717, 1.165) is 5.56 Å². The Morgan fingerprint density at radius 2 is 2.31 bits per heavy atom. The lowest BCUT2D eigenvalue weighted by Gasteiger charge is -2.05. The Hall–Kier alpha value is -1.78. The maximum Gasteiger partial charge on any atom is 0.356 e. The molecule has 5 nitrogen and oxygen atoms in total. The van der Waals surface area contributed by atoms with Crippen LogP contribution in [-0.2, 0) is 4.74 Å². The molecule has 0 aliphatic carbocycles. The Balaban J connectivity index is 2.95. The highest BCUT2D eigenvalue weighted by Gasteiger charge is 2.12. The molecule has 16 heavy (non-hydrogen) atoms. The monoisotopic (exact) mass is 223 g/mol. The molecule has 1 aromatic rings. The number of rotatable bonds is 4. The molecule has 0 radical (unpaired) electrons. The molecule has 0 aliphatic heterocycles. The van der Waals surface area contributed by atoms with E-state index in [2.05, 4.69) is 5.10 Å². The second kappa shape index (κ2) is 5.34. The van der Waals surface area contributed by atoms with Crippen molar-refractivity contribution in [1.29, 1.82) is 0 Å². The van der Waals surface area contributed by atoms with Gasteiger partial charge in [-0.05, 0) is 25.5 Å². The first-order chi connectivity index (χ1) is 7.54. The van der Waals surface area contributed by atoms with Gasteiger partial charge in [-0.15, -0.1) is 0 Å². The summed E-state index contributed by atoms with van der Waals surface area (Å²) in [5, 5.41) is 4.15. The van der Waals surface area contributed by atoms with Crippen LogP contribution < -0.4 is 0 Å². The van der Waals surface area contributed by atoms with Gasteiger partial charge in [-0.2, -0.15) is 5.10 Å². The number of carbonyl (C=O) groups is 1. The molecule has 0 spiro atoms. The molecule has 0 saturated heterocycles. The van der Waals surface area contributed by atoms with E-state index < -0.39 is 0 Å². The first kappa shape index (κ1) is 12.3. The van der Waals surface area contributed by atoms with Crippen molar-refractivity contribution < 1.29 is 9.53 Å². The molecule has 0 bridgehead atoms. The van der Waals surface area contributed by atoms with Crippen molar-refractivity contribution in [2.24, 2.45) is 5.10 Å². The number of aryl methyl sites for hydroxylation is 1. The van der Waals surface area contributed by atoms with Gasteiger partial charge in [0.15, 0.2) is 0 Å². The lowest BCUT2D eigenvalue weighted by molar-refractivity contribution is 0.0515. The number of esters is 1. The zero-order valence-electron chi connectivity index (χ0n) is 10.1. The maximum absolute atomic E-state index is 11.6. The number of hydrogen-bond acceptors (Lipinski definition) is 3. The maximum atomic E-state index is 11.6. The fraction of sp³-hybridized carbons (Fsp3) is 0.455. The van der Waals surface area contributed by atoms with Crippen LogP contribution in [0.1, 0.15) is 23.0 Å². The van der Waals surface area contributed by atoms with E-state index in [0.29, 0.717) is 12.3 Å². The zero-order chi connectivity index (χ0) is 12.1. The number of nitrogens with zero attached hydrogens (tertiary/aromatic N) is 3. The van der Waals surface area contributed by atoms with E-state index in [1.807, 2.05) is 21.0 Å². The molecule has 0 fully saturated rings. The van der Waals surface area contributed by atoms with E-state index in [1.165, 1.54) is 4.68 Å². The summed E-state index contributed by atoms with van der Waals surface area (Å²) in [6.45, 7) is 4.05. The first-order valence-corrected chi connectivity index (χ1v) is 5.11. The smallest absolute Gasteiger partial charge is 0.356 e. The molecular weight excluding hydrogens is 206 g/mol. The Labute approximate surface area is 95.3 Å². The largest absolute Gasteiger partial charge is 0.461 e. The minimum absolute atomic E-state index is 0.355. The summed E-state index contributed by atoms with van der Waals surface area (Å²) in [6, 6.07) is 1.75. The molecule has 0 amide bonds. The van der Waals surface area contributed by atoms with Gasteiger partial charge in [0.1, 0.15) is 12.0 Å². The van der Waals surface area contributed by atoms with E-state index in [4.69, 9.17) is 4.74 Å². The summed E-state index contributed by atoms with van der Waals surface area (Å²) >= 11 is 0. The van der Waals surface area contributed by atoms with Crippen LogP contribution in [0.2, 0.25) is 0 Å². The van der Waals surface area contributed by atoms with Crippen molar-refractivity contribution in [2.75, 3.05) is 20.7 Å². The number of carbonyl (C=O) groups excluding carboxylic acids is 1. The zero-order valence-corrected chi connectivity index (χ0v) is 10.1. The van der Waals surface area contributed by atoms with Crippen LogP contribution in [0.3, 0.4) is 0 Å². The van der Waals surface area contributed by atoms with Gasteiger partial charge >= 0.3 is 5.97 Å². The molecule has 1 aromatic heterocycles. The molecule has 0 atom stereocenters. The molecule has 0 aromatic carbocycles. The van der Waals surface area contributed by atoms with Gasteiger partial charge in [0.25, 0.3) is 0 Å². The van der Waals surface area contributed by atoms with Gasteiger partial charge in [-0.1, -0.05) is 0 Å². The van der Waals surface area contributed by atoms with Crippen LogP contribution in [-0.4, -0.2) is 42.6 Å². The summed E-state index contributed by atoms with van der Waals surface area (Å²) in [7, 11) is 3.73. The fourth-order valence-corrected chi connectivity index (χ4v) is 1.19. The Kier molecular flexibility index (Phi) is 4.10. The summed E-state index contributed by atoms with van der Waals surface area (Å²) in [6.07, 6.45) is 3.41. The van der Waals surface area contributed by atoms with Crippen molar-refractivity contribution in [3.05, 3.63) is 23.5 Å². The van der Waals surface area contributed by atoms with Crippen LogP contribution in [0.15, 0.2) is 17.4 Å². The van der Waals surface area contributed by atoms with Gasteiger partial charge in [0.2, 0.25) is 0 Å². The van der Waals surface area contributed by atoms with Crippen LogP contribution in [0.4, 0.5) is 0 Å². The Morgan fingerprint density at radius 1 is 1.62 bits per heavy atom. The lowest BCUT2D eigenvalue weighted by Crippen LogP contribution is -2.12. The van der Waals surface area contributed by atoms with Crippen LogP contribution in [0.5, 0.6) is 0 Å². The fourth-order valence-electron chi connectivity index (χ4n) is 1.19. The van der Waals surface area contributed by atoms with Gasteiger partial charge in [0.05, 0.1) is 6.61 Å². The average Bonchev–Trinajstić information content (AvgIpc) is 2.57. The molecule has 0 aliphatic rings. The number of aromatic nitrogens is 1. The average molecular weight is 223 g/mol. The van der Waals surface area contributed by atoms with E-state index in [1.54, 1.807) is 30.4 Å². The lowest BCUT2D eigenvalue weighted by atomic mass is 10.3. The van der Waals surface area contributed by atoms with Gasteiger partial charge in [0, 0.05) is 20.3 Å². The third-order valence-corrected chi connectivity index (χ3v) is 1.83. The number of ether oxygens (including phenoxy) is 1. The van der Waals surface area contributed by atoms with Crippen LogP contribution in [0, 0.1) is 6.92 Å². The molecule has 0 saturated carbocycles. The minimum atomic E-state index is -0.355. The second-order valence-electron chi connectivity index (χ2n) is 3.66. The second-order valence-corrected chi connectivity index (χ2v) is 3.66. The first-order valence-electron chi connectivity index (χ1n) is 5.11. The molecule has 0 unspecified atom stereocenters. The highest BCUT2D eigenvalue weighted by molar-refractivity contribution is 5.88. The highest BCUT2D eigenvalue weighted by Crippen LogP contribution is 2.09. The van der Waals surface area contributed by atoms with E-state index >= 15 is 0 Å². The number of hydrogen-bond donors (Lipinski definition) is 0. The van der Waals surface area contributed by atoms with Crippen molar-refractivity contribution in [3.63, 3.8) is 0 Å². The van der Waals surface area contributed by atoms with Crippen molar-refractivity contribution in [1.82, 2.24) is 9.58 Å². The molecular formula is C11H17N3O2. The molecule has 1 heterocycles. The van der Waals surface area contributed by atoms with E-state index in [9.17, 15) is 4.79 Å². The minimum Gasteiger partial charge on any atom is -0.461 e. The van der Waals surface area contributed by atoms with Crippen molar-refractivity contribution in [2.45, 2.75) is 13.8 Å². The Bertz CT molecular complexity index is 394. The summed E-state index contributed by atoms with van der Waals surface area (Å²) in [5.74, 6) is -0.355. The summed E-state index contributed by atoms with van der Waals surface area (Å²) in [5.41, 5.74) is 1.41. The van der Waals surface area contributed by atoms with Gasteiger partial charge in [-0.3, -0.25) is 0 Å². The highest BCUT2D eigenvalue weighted by atomic mass is 16.5. The van der Waals surface area contributed by atoms with Crippen molar-refractivity contribution >= 4 is 12.3 Å². The van der Waals surface area contributed by atoms with Gasteiger partial charge < -0.3 is 9.64 Å². The SMILES string of the molecule is CCOC(=O)c1cc(C)cn1/N=C/N(C)C. The van der Waals surface area contributed by atoms with Crippen LogP contribution in [0.25, 0.3) is 0 Å². The predicted molar refractivity (Wildman–Crippen MR) is 62.7 cm³/mol. The molecule has 0 N–H and O–H groups in total. The topological polar surface area (TPSA) is 46.8 Å². The van der Waals surface area contributed by atoms with Gasteiger partial charge in [-0.25, -0.2) is 9.47 Å². The molecule has 5 heteroatoms. The summed E-state index contributed by atoms with van der Waals surface area (Å²) < 4.78 is 6.46. The third kappa shape index (κ3) is 3.12.